The molecule has 1 saturated heterocycles. The zero-order valence-corrected chi connectivity index (χ0v) is 12.1. The normalized spacial score (nSPS) is 22.6. The first-order valence-electron chi connectivity index (χ1n) is 6.93. The SMILES string of the molecule is CC(C)c1ccc(CN2CCN(C)[C@H](C)C2)cn1. The highest BCUT2D eigenvalue weighted by atomic mass is 15.3. The maximum atomic E-state index is 4.54. The third-order valence-electron chi connectivity index (χ3n) is 3.89. The molecule has 0 aromatic carbocycles. The fourth-order valence-corrected chi connectivity index (χ4v) is 2.40. The number of likely N-dealkylation sites (N-methyl/N-ethyl adjacent to an activating group) is 1. The molecule has 1 atom stereocenters. The highest BCUT2D eigenvalue weighted by Crippen LogP contribution is 2.14. The fraction of sp³-hybridized carbons (Fsp3) is 0.667. The predicted molar refractivity (Wildman–Crippen MR) is 75.7 cm³/mol. The van der Waals surface area contributed by atoms with E-state index in [4.69, 9.17) is 0 Å². The van der Waals surface area contributed by atoms with E-state index in [0.717, 1.165) is 19.6 Å². The minimum atomic E-state index is 0.516. The average molecular weight is 247 g/mol. The summed E-state index contributed by atoms with van der Waals surface area (Å²) in [6, 6.07) is 5.05. The minimum absolute atomic E-state index is 0.516. The van der Waals surface area contributed by atoms with Gasteiger partial charge in [-0.1, -0.05) is 19.9 Å². The molecule has 0 N–H and O–H groups in total. The van der Waals surface area contributed by atoms with Crippen molar-refractivity contribution in [1.29, 1.82) is 0 Å². The zero-order valence-electron chi connectivity index (χ0n) is 12.1. The van der Waals surface area contributed by atoms with Gasteiger partial charge in [0, 0.05) is 44.1 Å². The smallest absolute Gasteiger partial charge is 0.0429 e. The Bertz CT molecular complexity index is 372. The highest BCUT2D eigenvalue weighted by molar-refractivity contribution is 5.16. The van der Waals surface area contributed by atoms with E-state index in [2.05, 4.69) is 54.7 Å². The topological polar surface area (TPSA) is 19.4 Å². The second-order valence-electron chi connectivity index (χ2n) is 5.81. The monoisotopic (exact) mass is 247 g/mol. The summed E-state index contributed by atoms with van der Waals surface area (Å²) in [4.78, 5) is 9.49. The van der Waals surface area contributed by atoms with Crippen molar-refractivity contribution in [2.24, 2.45) is 0 Å². The third kappa shape index (κ3) is 3.30. The van der Waals surface area contributed by atoms with Crippen LogP contribution in [0.25, 0.3) is 0 Å². The molecule has 0 bridgehead atoms. The molecule has 2 rings (SSSR count). The second-order valence-corrected chi connectivity index (χ2v) is 5.81. The molecule has 1 aliphatic heterocycles. The van der Waals surface area contributed by atoms with Crippen LogP contribution in [0.2, 0.25) is 0 Å². The first kappa shape index (κ1) is 13.5. The van der Waals surface area contributed by atoms with Gasteiger partial charge in [-0.05, 0) is 31.5 Å². The molecule has 1 aromatic rings. The van der Waals surface area contributed by atoms with Crippen molar-refractivity contribution in [2.45, 2.75) is 39.3 Å². The average Bonchev–Trinajstić information content (AvgIpc) is 2.34. The molecule has 0 unspecified atom stereocenters. The van der Waals surface area contributed by atoms with Gasteiger partial charge < -0.3 is 4.90 Å². The van der Waals surface area contributed by atoms with E-state index >= 15 is 0 Å². The Morgan fingerprint density at radius 2 is 2.11 bits per heavy atom. The Morgan fingerprint density at radius 1 is 1.33 bits per heavy atom. The van der Waals surface area contributed by atoms with Crippen LogP contribution in [0, 0.1) is 0 Å². The molecule has 2 heterocycles. The molecule has 0 aliphatic carbocycles. The van der Waals surface area contributed by atoms with Crippen LogP contribution in [0.15, 0.2) is 18.3 Å². The first-order chi connectivity index (χ1) is 8.56. The molecule has 0 amide bonds. The van der Waals surface area contributed by atoms with Crippen LogP contribution < -0.4 is 0 Å². The van der Waals surface area contributed by atoms with Crippen molar-refractivity contribution in [3.05, 3.63) is 29.6 Å². The number of pyridine rings is 1. The van der Waals surface area contributed by atoms with Gasteiger partial charge in [0.15, 0.2) is 0 Å². The van der Waals surface area contributed by atoms with E-state index in [9.17, 15) is 0 Å². The van der Waals surface area contributed by atoms with E-state index in [1.807, 2.05) is 6.20 Å². The predicted octanol–water partition coefficient (Wildman–Crippen LogP) is 2.34. The van der Waals surface area contributed by atoms with Crippen LogP contribution in [0.1, 0.15) is 37.9 Å². The Kier molecular flexibility index (Phi) is 4.36. The van der Waals surface area contributed by atoms with Gasteiger partial charge in [-0.3, -0.25) is 9.88 Å². The molecule has 0 radical (unpaired) electrons. The quantitative estimate of drug-likeness (QED) is 0.817. The van der Waals surface area contributed by atoms with Gasteiger partial charge in [0.1, 0.15) is 0 Å². The number of rotatable bonds is 3. The fourth-order valence-electron chi connectivity index (χ4n) is 2.40. The lowest BCUT2D eigenvalue weighted by Gasteiger charge is -2.37. The Labute approximate surface area is 111 Å². The van der Waals surface area contributed by atoms with Gasteiger partial charge in [-0.2, -0.15) is 0 Å². The summed E-state index contributed by atoms with van der Waals surface area (Å²) in [7, 11) is 2.21. The molecule has 1 fully saturated rings. The van der Waals surface area contributed by atoms with E-state index < -0.39 is 0 Å². The lowest BCUT2D eigenvalue weighted by Crippen LogP contribution is -2.49. The van der Waals surface area contributed by atoms with Crippen LogP contribution in [-0.2, 0) is 6.54 Å². The van der Waals surface area contributed by atoms with Crippen molar-refractivity contribution >= 4 is 0 Å². The lowest BCUT2D eigenvalue weighted by molar-refractivity contribution is 0.0999. The number of hydrogen-bond donors (Lipinski definition) is 0. The number of hydrogen-bond acceptors (Lipinski definition) is 3. The van der Waals surface area contributed by atoms with Crippen molar-refractivity contribution in [1.82, 2.24) is 14.8 Å². The summed E-state index contributed by atoms with van der Waals surface area (Å²) in [6.45, 7) is 11.2. The van der Waals surface area contributed by atoms with Crippen molar-refractivity contribution in [3.8, 4) is 0 Å². The molecule has 3 nitrogen and oxygen atoms in total. The summed E-state index contributed by atoms with van der Waals surface area (Å²) >= 11 is 0. The molecule has 1 aromatic heterocycles. The third-order valence-corrected chi connectivity index (χ3v) is 3.89. The Morgan fingerprint density at radius 3 is 2.67 bits per heavy atom. The Hall–Kier alpha value is -0.930. The summed E-state index contributed by atoms with van der Waals surface area (Å²) in [5.74, 6) is 0.516. The van der Waals surface area contributed by atoms with Gasteiger partial charge in [0.2, 0.25) is 0 Å². The van der Waals surface area contributed by atoms with Crippen LogP contribution in [0.3, 0.4) is 0 Å². The van der Waals surface area contributed by atoms with Crippen molar-refractivity contribution in [2.75, 3.05) is 26.7 Å². The molecule has 0 spiro atoms. The van der Waals surface area contributed by atoms with E-state index in [1.165, 1.54) is 17.8 Å². The maximum Gasteiger partial charge on any atom is 0.0429 e. The molecule has 100 valence electrons. The first-order valence-corrected chi connectivity index (χ1v) is 6.93. The number of aromatic nitrogens is 1. The van der Waals surface area contributed by atoms with Crippen molar-refractivity contribution in [3.63, 3.8) is 0 Å². The number of nitrogens with zero attached hydrogens (tertiary/aromatic N) is 3. The van der Waals surface area contributed by atoms with Crippen LogP contribution in [0.4, 0.5) is 0 Å². The second kappa shape index (κ2) is 5.81. The summed E-state index contributed by atoms with van der Waals surface area (Å²) in [6.07, 6.45) is 2.04. The zero-order chi connectivity index (χ0) is 13.1. The van der Waals surface area contributed by atoms with Gasteiger partial charge in [0.25, 0.3) is 0 Å². The molecule has 1 aliphatic rings. The van der Waals surface area contributed by atoms with Crippen LogP contribution in [-0.4, -0.2) is 47.5 Å². The molecule has 3 heteroatoms. The highest BCUT2D eigenvalue weighted by Gasteiger charge is 2.20. The van der Waals surface area contributed by atoms with Crippen LogP contribution >= 0.6 is 0 Å². The summed E-state index contributed by atoms with van der Waals surface area (Å²) < 4.78 is 0. The van der Waals surface area contributed by atoms with E-state index in [0.29, 0.717) is 12.0 Å². The van der Waals surface area contributed by atoms with Gasteiger partial charge >= 0.3 is 0 Å². The van der Waals surface area contributed by atoms with Gasteiger partial charge in [-0.25, -0.2) is 0 Å². The molecular formula is C15H25N3. The standard InChI is InChI=1S/C15H25N3/c1-12(2)15-6-5-14(9-16-15)11-18-8-7-17(4)13(3)10-18/h5-6,9,12-13H,7-8,10-11H2,1-4H3/t13-/m1/s1. The minimum Gasteiger partial charge on any atom is -0.301 e. The number of piperazine rings is 1. The van der Waals surface area contributed by atoms with E-state index in [-0.39, 0.29) is 0 Å². The summed E-state index contributed by atoms with van der Waals surface area (Å²) in [5, 5.41) is 0. The van der Waals surface area contributed by atoms with Gasteiger partial charge in [-0.15, -0.1) is 0 Å². The van der Waals surface area contributed by atoms with Crippen molar-refractivity contribution < 1.29 is 0 Å². The lowest BCUT2D eigenvalue weighted by atomic mass is 10.1. The Balaban J connectivity index is 1.93. The van der Waals surface area contributed by atoms with Gasteiger partial charge in [0.05, 0.1) is 0 Å². The van der Waals surface area contributed by atoms with E-state index in [1.54, 1.807) is 0 Å². The van der Waals surface area contributed by atoms with Crippen LogP contribution in [0.5, 0.6) is 0 Å². The molecule has 18 heavy (non-hydrogen) atoms. The maximum absolute atomic E-state index is 4.54. The molecular weight excluding hydrogens is 222 g/mol. The largest absolute Gasteiger partial charge is 0.301 e. The summed E-state index contributed by atoms with van der Waals surface area (Å²) in [5.41, 5.74) is 2.52. The molecule has 0 saturated carbocycles.